The van der Waals surface area contributed by atoms with E-state index >= 15 is 0 Å². The molecule has 110 valence electrons. The Balaban J connectivity index is 1.71. The number of benzene rings is 1. The van der Waals surface area contributed by atoms with Crippen molar-refractivity contribution < 1.29 is 4.79 Å². The summed E-state index contributed by atoms with van der Waals surface area (Å²) in [7, 11) is 1.69. The first-order valence-electron chi connectivity index (χ1n) is 7.06. The quantitative estimate of drug-likeness (QED) is 0.894. The van der Waals surface area contributed by atoms with Gasteiger partial charge >= 0.3 is 0 Å². The fraction of sp³-hybridized carbons (Fsp3) is 0.400. The fourth-order valence-corrected chi connectivity index (χ4v) is 3.19. The Kier molecular flexibility index (Phi) is 4.05. The number of halogens is 1. The van der Waals surface area contributed by atoms with Crippen LogP contribution in [0, 0.1) is 5.92 Å². The maximum absolute atomic E-state index is 11.6. The molecule has 2 aromatic rings. The van der Waals surface area contributed by atoms with Crippen molar-refractivity contribution in [1.29, 1.82) is 0 Å². The van der Waals surface area contributed by atoms with Crippen molar-refractivity contribution in [3.05, 3.63) is 28.9 Å². The number of nitrogens with zero attached hydrogens (tertiary/aromatic N) is 2. The molecule has 1 saturated carbocycles. The van der Waals surface area contributed by atoms with Crippen LogP contribution in [-0.2, 0) is 4.79 Å². The number of amides is 1. The van der Waals surface area contributed by atoms with Crippen molar-refractivity contribution in [2.45, 2.75) is 25.3 Å². The van der Waals surface area contributed by atoms with E-state index in [0.717, 1.165) is 34.6 Å². The first-order chi connectivity index (χ1) is 10.2. The maximum Gasteiger partial charge on any atom is 0.223 e. The van der Waals surface area contributed by atoms with E-state index in [1.807, 2.05) is 24.4 Å². The number of hydrogen-bond donors (Lipinski definition) is 2. The third-order valence-corrected chi connectivity index (χ3v) is 4.42. The van der Waals surface area contributed by atoms with Gasteiger partial charge in [-0.2, -0.15) is 0 Å². The number of rotatable bonds is 3. The van der Waals surface area contributed by atoms with Crippen LogP contribution in [0.2, 0.25) is 0 Å². The van der Waals surface area contributed by atoms with Gasteiger partial charge in [-0.25, -0.2) is 9.97 Å². The zero-order chi connectivity index (χ0) is 14.8. The number of hydrogen-bond acceptors (Lipinski definition) is 4. The van der Waals surface area contributed by atoms with E-state index in [1.54, 1.807) is 7.05 Å². The first kappa shape index (κ1) is 14.3. The molecule has 1 fully saturated rings. The van der Waals surface area contributed by atoms with Crippen LogP contribution in [-0.4, -0.2) is 29.0 Å². The molecule has 0 aliphatic heterocycles. The molecule has 0 saturated heterocycles. The Labute approximate surface area is 131 Å². The summed E-state index contributed by atoms with van der Waals surface area (Å²) in [5, 5.41) is 7.07. The molecule has 0 bridgehead atoms. The number of nitrogens with one attached hydrogen (secondary N) is 2. The summed E-state index contributed by atoms with van der Waals surface area (Å²) in [4.78, 5) is 20.5. The van der Waals surface area contributed by atoms with Gasteiger partial charge in [-0.1, -0.05) is 15.9 Å². The van der Waals surface area contributed by atoms with Crippen molar-refractivity contribution in [1.82, 2.24) is 15.3 Å². The second-order valence-corrected chi connectivity index (χ2v) is 6.28. The second kappa shape index (κ2) is 5.97. The molecule has 0 spiro atoms. The normalized spacial score (nSPS) is 21.4. The van der Waals surface area contributed by atoms with Crippen LogP contribution in [0.5, 0.6) is 0 Å². The summed E-state index contributed by atoms with van der Waals surface area (Å²) in [5.41, 5.74) is 0.913. The van der Waals surface area contributed by atoms with E-state index in [0.29, 0.717) is 5.95 Å². The Morgan fingerprint density at radius 1 is 1.38 bits per heavy atom. The number of carbonyl (C=O) groups is 1. The standard InChI is InChI=1S/C15H17BrN4O/c1-17-14(21)9-2-4-12(7-9)19-15-18-8-10-6-11(16)3-5-13(10)20-15/h3,5-6,8-9,12H,2,4,7H2,1H3,(H,17,21)(H,18,19,20)/t9-,12-/m1/s1. The van der Waals surface area contributed by atoms with E-state index < -0.39 is 0 Å². The molecule has 3 rings (SSSR count). The van der Waals surface area contributed by atoms with Gasteiger partial charge < -0.3 is 10.6 Å². The summed E-state index contributed by atoms with van der Waals surface area (Å²) >= 11 is 3.44. The van der Waals surface area contributed by atoms with Crippen molar-refractivity contribution >= 4 is 38.7 Å². The molecule has 0 unspecified atom stereocenters. The first-order valence-corrected chi connectivity index (χ1v) is 7.85. The summed E-state index contributed by atoms with van der Waals surface area (Å²) in [5.74, 6) is 0.861. The van der Waals surface area contributed by atoms with Crippen LogP contribution in [0.15, 0.2) is 28.9 Å². The van der Waals surface area contributed by atoms with Crippen LogP contribution in [0.25, 0.3) is 10.9 Å². The van der Waals surface area contributed by atoms with Crippen LogP contribution >= 0.6 is 15.9 Å². The van der Waals surface area contributed by atoms with Crippen LogP contribution in [0.4, 0.5) is 5.95 Å². The van der Waals surface area contributed by atoms with Gasteiger partial charge in [0.2, 0.25) is 11.9 Å². The second-order valence-electron chi connectivity index (χ2n) is 5.36. The third-order valence-electron chi connectivity index (χ3n) is 3.92. The zero-order valence-corrected chi connectivity index (χ0v) is 13.4. The molecule has 1 aromatic heterocycles. The third kappa shape index (κ3) is 3.15. The van der Waals surface area contributed by atoms with E-state index in [-0.39, 0.29) is 17.9 Å². The van der Waals surface area contributed by atoms with Gasteiger partial charge in [-0.15, -0.1) is 0 Å². The highest BCUT2D eigenvalue weighted by atomic mass is 79.9. The lowest BCUT2D eigenvalue weighted by Gasteiger charge is -2.13. The fourth-order valence-electron chi connectivity index (χ4n) is 2.81. The molecule has 6 heteroatoms. The lowest BCUT2D eigenvalue weighted by atomic mass is 10.1. The molecule has 1 aromatic carbocycles. The molecular weight excluding hydrogens is 332 g/mol. The highest BCUT2D eigenvalue weighted by molar-refractivity contribution is 9.10. The average Bonchev–Trinajstić information content (AvgIpc) is 2.95. The summed E-state index contributed by atoms with van der Waals surface area (Å²) in [6.45, 7) is 0. The maximum atomic E-state index is 11.6. The molecule has 0 radical (unpaired) electrons. The Bertz CT molecular complexity index is 676. The molecule has 2 N–H and O–H groups in total. The molecule has 21 heavy (non-hydrogen) atoms. The zero-order valence-electron chi connectivity index (χ0n) is 11.8. The van der Waals surface area contributed by atoms with Crippen LogP contribution in [0.3, 0.4) is 0 Å². The number of fused-ring (bicyclic) bond motifs is 1. The van der Waals surface area contributed by atoms with Gasteiger partial charge in [0.25, 0.3) is 0 Å². The van der Waals surface area contributed by atoms with E-state index in [9.17, 15) is 4.79 Å². The predicted molar refractivity (Wildman–Crippen MR) is 86.1 cm³/mol. The molecule has 1 aliphatic rings. The predicted octanol–water partition coefficient (Wildman–Crippen LogP) is 2.72. The molecule has 1 aliphatic carbocycles. The summed E-state index contributed by atoms with van der Waals surface area (Å²) in [6, 6.07) is 6.20. The minimum atomic E-state index is 0.101. The SMILES string of the molecule is CNC(=O)[C@@H]1CC[C@@H](Nc2ncc3cc(Br)ccc3n2)C1. The topological polar surface area (TPSA) is 66.9 Å². The van der Waals surface area contributed by atoms with E-state index in [1.165, 1.54) is 0 Å². The minimum Gasteiger partial charge on any atom is -0.359 e. The van der Waals surface area contributed by atoms with Crippen LogP contribution in [0.1, 0.15) is 19.3 Å². The molecule has 1 amide bonds. The Hall–Kier alpha value is -1.69. The van der Waals surface area contributed by atoms with Crippen molar-refractivity contribution in [3.8, 4) is 0 Å². The Morgan fingerprint density at radius 2 is 2.24 bits per heavy atom. The highest BCUT2D eigenvalue weighted by Gasteiger charge is 2.29. The van der Waals surface area contributed by atoms with Gasteiger partial charge in [0.05, 0.1) is 5.52 Å². The number of carbonyl (C=O) groups excluding carboxylic acids is 1. The van der Waals surface area contributed by atoms with Crippen molar-refractivity contribution in [3.63, 3.8) is 0 Å². The van der Waals surface area contributed by atoms with E-state index in [2.05, 4.69) is 36.5 Å². The van der Waals surface area contributed by atoms with Gasteiger partial charge in [0.1, 0.15) is 0 Å². The molecule has 1 heterocycles. The monoisotopic (exact) mass is 348 g/mol. The lowest BCUT2D eigenvalue weighted by molar-refractivity contribution is -0.124. The van der Waals surface area contributed by atoms with Crippen LogP contribution < -0.4 is 10.6 Å². The van der Waals surface area contributed by atoms with Crippen molar-refractivity contribution in [2.24, 2.45) is 5.92 Å². The Morgan fingerprint density at radius 3 is 3.05 bits per heavy atom. The molecule has 2 atom stereocenters. The summed E-state index contributed by atoms with van der Waals surface area (Å²) in [6.07, 6.45) is 4.54. The summed E-state index contributed by atoms with van der Waals surface area (Å²) < 4.78 is 1.02. The smallest absolute Gasteiger partial charge is 0.223 e. The van der Waals surface area contributed by atoms with Crippen molar-refractivity contribution in [2.75, 3.05) is 12.4 Å². The lowest BCUT2D eigenvalue weighted by Crippen LogP contribution is -2.27. The van der Waals surface area contributed by atoms with E-state index in [4.69, 9.17) is 0 Å². The average molecular weight is 349 g/mol. The van der Waals surface area contributed by atoms with Gasteiger partial charge in [-0.3, -0.25) is 4.79 Å². The molecular formula is C15H17BrN4O. The molecule has 5 nitrogen and oxygen atoms in total. The highest BCUT2D eigenvalue weighted by Crippen LogP contribution is 2.28. The number of anilines is 1. The van der Waals surface area contributed by atoms with Gasteiger partial charge in [0, 0.05) is 35.1 Å². The van der Waals surface area contributed by atoms with Gasteiger partial charge in [0.15, 0.2) is 0 Å². The number of aromatic nitrogens is 2. The minimum absolute atomic E-state index is 0.101. The van der Waals surface area contributed by atoms with Gasteiger partial charge in [-0.05, 0) is 37.5 Å². The largest absolute Gasteiger partial charge is 0.359 e.